The standard InChI is InChI=1S/C12H16N6OS/c1-3-18-15-7(2)10(16-18)11(19)14-12-13-9(17-20-12)6-8-4-5-8/h8H,3-6H2,1-2H3,(H,13,14,17,19). The summed E-state index contributed by atoms with van der Waals surface area (Å²) in [5.74, 6) is 1.28. The van der Waals surface area contributed by atoms with Crippen LogP contribution in [0.4, 0.5) is 5.13 Å². The molecule has 106 valence electrons. The molecule has 3 rings (SSSR count). The van der Waals surface area contributed by atoms with Gasteiger partial charge < -0.3 is 0 Å². The maximum Gasteiger partial charge on any atom is 0.279 e. The third-order valence-electron chi connectivity index (χ3n) is 3.18. The molecule has 1 saturated carbocycles. The summed E-state index contributed by atoms with van der Waals surface area (Å²) in [6, 6.07) is 0. The largest absolute Gasteiger partial charge is 0.295 e. The van der Waals surface area contributed by atoms with Crippen molar-refractivity contribution in [3.63, 3.8) is 0 Å². The van der Waals surface area contributed by atoms with E-state index in [-0.39, 0.29) is 5.91 Å². The summed E-state index contributed by atoms with van der Waals surface area (Å²) >= 11 is 1.21. The molecule has 0 saturated heterocycles. The third-order valence-corrected chi connectivity index (χ3v) is 3.85. The first-order valence-corrected chi connectivity index (χ1v) is 7.48. The Labute approximate surface area is 120 Å². The molecule has 0 radical (unpaired) electrons. The summed E-state index contributed by atoms with van der Waals surface area (Å²) in [4.78, 5) is 18.0. The molecule has 1 N–H and O–H groups in total. The molecule has 0 bridgehead atoms. The van der Waals surface area contributed by atoms with Crippen LogP contribution in [0.15, 0.2) is 0 Å². The fourth-order valence-electron chi connectivity index (χ4n) is 1.91. The first kappa shape index (κ1) is 13.2. The Hall–Kier alpha value is -1.83. The van der Waals surface area contributed by atoms with Gasteiger partial charge in [-0.15, -0.1) is 5.10 Å². The average molecular weight is 292 g/mol. The minimum absolute atomic E-state index is 0.281. The molecule has 20 heavy (non-hydrogen) atoms. The Morgan fingerprint density at radius 3 is 2.90 bits per heavy atom. The Kier molecular flexibility index (Phi) is 3.47. The van der Waals surface area contributed by atoms with Crippen LogP contribution in [-0.2, 0) is 13.0 Å². The highest BCUT2D eigenvalue weighted by atomic mass is 32.1. The lowest BCUT2D eigenvalue weighted by molar-refractivity contribution is 0.102. The van der Waals surface area contributed by atoms with E-state index in [1.807, 2.05) is 6.92 Å². The van der Waals surface area contributed by atoms with Crippen molar-refractivity contribution in [1.82, 2.24) is 24.4 Å². The number of rotatable bonds is 5. The quantitative estimate of drug-likeness (QED) is 0.906. The van der Waals surface area contributed by atoms with Crippen LogP contribution in [0.25, 0.3) is 0 Å². The van der Waals surface area contributed by atoms with E-state index in [1.54, 1.807) is 6.92 Å². The Balaban J connectivity index is 1.67. The van der Waals surface area contributed by atoms with Crippen molar-refractivity contribution < 1.29 is 4.79 Å². The fraction of sp³-hybridized carbons (Fsp3) is 0.583. The Morgan fingerprint density at radius 2 is 2.25 bits per heavy atom. The van der Waals surface area contributed by atoms with Crippen molar-refractivity contribution in [3.8, 4) is 0 Å². The summed E-state index contributed by atoms with van der Waals surface area (Å²) in [5.41, 5.74) is 0.956. The van der Waals surface area contributed by atoms with Crippen molar-refractivity contribution in [3.05, 3.63) is 17.2 Å². The van der Waals surface area contributed by atoms with E-state index in [4.69, 9.17) is 0 Å². The number of aromatic nitrogens is 5. The highest BCUT2D eigenvalue weighted by Gasteiger charge is 2.24. The summed E-state index contributed by atoms with van der Waals surface area (Å²) < 4.78 is 4.26. The molecule has 0 unspecified atom stereocenters. The number of nitrogens with one attached hydrogen (secondary N) is 1. The molecule has 2 aromatic rings. The van der Waals surface area contributed by atoms with Gasteiger partial charge in [0.2, 0.25) is 5.13 Å². The maximum atomic E-state index is 12.1. The zero-order valence-electron chi connectivity index (χ0n) is 11.5. The van der Waals surface area contributed by atoms with Gasteiger partial charge >= 0.3 is 0 Å². The van der Waals surface area contributed by atoms with Crippen LogP contribution in [0, 0.1) is 12.8 Å². The zero-order valence-corrected chi connectivity index (χ0v) is 12.3. The monoisotopic (exact) mass is 292 g/mol. The molecule has 1 aliphatic carbocycles. The van der Waals surface area contributed by atoms with E-state index < -0.39 is 0 Å². The van der Waals surface area contributed by atoms with Crippen molar-refractivity contribution in [2.24, 2.45) is 5.92 Å². The number of carbonyl (C=O) groups excluding carboxylic acids is 1. The lowest BCUT2D eigenvalue weighted by Gasteiger charge is -1.97. The van der Waals surface area contributed by atoms with Crippen LogP contribution in [-0.4, -0.2) is 30.3 Å². The van der Waals surface area contributed by atoms with Gasteiger partial charge in [0, 0.05) is 18.0 Å². The Bertz CT molecular complexity index is 630. The van der Waals surface area contributed by atoms with Gasteiger partial charge in [-0.3, -0.25) is 10.1 Å². The van der Waals surface area contributed by atoms with Gasteiger partial charge in [-0.25, -0.2) is 4.98 Å². The lowest BCUT2D eigenvalue weighted by atomic mass is 10.3. The number of hydrogen-bond donors (Lipinski definition) is 1. The lowest BCUT2D eigenvalue weighted by Crippen LogP contribution is -2.14. The number of anilines is 1. The molecule has 2 heterocycles. The summed E-state index contributed by atoms with van der Waals surface area (Å²) in [7, 11) is 0. The molecule has 8 heteroatoms. The topological polar surface area (TPSA) is 85.6 Å². The molecule has 2 aromatic heterocycles. The summed E-state index contributed by atoms with van der Waals surface area (Å²) in [5, 5.41) is 11.6. The highest BCUT2D eigenvalue weighted by Crippen LogP contribution is 2.32. The molecule has 7 nitrogen and oxygen atoms in total. The molecule has 0 atom stereocenters. The molecular formula is C12H16N6OS. The normalized spacial score (nSPS) is 14.5. The van der Waals surface area contributed by atoms with E-state index in [9.17, 15) is 4.79 Å². The molecule has 1 fully saturated rings. The molecule has 1 aliphatic rings. The fourth-order valence-corrected chi connectivity index (χ4v) is 2.50. The molecule has 0 aliphatic heterocycles. The van der Waals surface area contributed by atoms with Gasteiger partial charge in [0.1, 0.15) is 5.82 Å². The highest BCUT2D eigenvalue weighted by molar-refractivity contribution is 7.09. The van der Waals surface area contributed by atoms with Crippen molar-refractivity contribution in [2.45, 2.75) is 39.7 Å². The second-order valence-electron chi connectivity index (χ2n) is 4.94. The summed E-state index contributed by atoms with van der Waals surface area (Å²) in [6.45, 7) is 4.33. The zero-order chi connectivity index (χ0) is 14.1. The minimum Gasteiger partial charge on any atom is -0.295 e. The second kappa shape index (κ2) is 5.28. The van der Waals surface area contributed by atoms with E-state index >= 15 is 0 Å². The average Bonchev–Trinajstić information content (AvgIpc) is 2.98. The van der Waals surface area contributed by atoms with Crippen LogP contribution in [0.2, 0.25) is 0 Å². The first-order valence-electron chi connectivity index (χ1n) is 6.71. The van der Waals surface area contributed by atoms with Crippen LogP contribution in [0.3, 0.4) is 0 Å². The SMILES string of the molecule is CCn1nc(C)c(C(=O)Nc2nc(CC3CC3)ns2)n1. The van der Waals surface area contributed by atoms with Crippen LogP contribution in [0.1, 0.15) is 41.8 Å². The first-order chi connectivity index (χ1) is 9.65. The third kappa shape index (κ3) is 2.84. The van der Waals surface area contributed by atoms with Gasteiger partial charge in [-0.1, -0.05) is 0 Å². The van der Waals surface area contributed by atoms with E-state index in [1.165, 1.54) is 29.2 Å². The maximum absolute atomic E-state index is 12.1. The van der Waals surface area contributed by atoms with Gasteiger partial charge in [0.25, 0.3) is 5.91 Å². The van der Waals surface area contributed by atoms with Gasteiger partial charge in [0.05, 0.1) is 12.2 Å². The molecule has 0 aromatic carbocycles. The van der Waals surface area contributed by atoms with Crippen LogP contribution < -0.4 is 5.32 Å². The van der Waals surface area contributed by atoms with Crippen molar-refractivity contribution in [1.29, 1.82) is 0 Å². The minimum atomic E-state index is -0.281. The number of nitrogens with zero attached hydrogens (tertiary/aromatic N) is 5. The van der Waals surface area contributed by atoms with E-state index in [0.29, 0.717) is 23.1 Å². The van der Waals surface area contributed by atoms with Crippen molar-refractivity contribution >= 4 is 22.6 Å². The summed E-state index contributed by atoms with van der Waals surface area (Å²) in [6.07, 6.45) is 3.44. The second-order valence-corrected chi connectivity index (χ2v) is 5.69. The van der Waals surface area contributed by atoms with E-state index in [0.717, 1.165) is 18.2 Å². The van der Waals surface area contributed by atoms with Crippen LogP contribution >= 0.6 is 11.5 Å². The number of amides is 1. The number of hydrogen-bond acceptors (Lipinski definition) is 6. The number of carbonyl (C=O) groups is 1. The van der Waals surface area contributed by atoms with E-state index in [2.05, 4.69) is 24.9 Å². The smallest absolute Gasteiger partial charge is 0.279 e. The predicted molar refractivity (Wildman–Crippen MR) is 74.7 cm³/mol. The Morgan fingerprint density at radius 1 is 1.45 bits per heavy atom. The molecule has 1 amide bonds. The predicted octanol–water partition coefficient (Wildman–Crippen LogP) is 1.66. The van der Waals surface area contributed by atoms with Crippen LogP contribution in [0.5, 0.6) is 0 Å². The number of aryl methyl sites for hydroxylation is 2. The van der Waals surface area contributed by atoms with Gasteiger partial charge in [0.15, 0.2) is 5.69 Å². The van der Waals surface area contributed by atoms with Gasteiger partial charge in [-0.2, -0.15) is 14.3 Å². The van der Waals surface area contributed by atoms with Crippen molar-refractivity contribution in [2.75, 3.05) is 5.32 Å². The molecular weight excluding hydrogens is 276 g/mol. The van der Waals surface area contributed by atoms with Gasteiger partial charge in [-0.05, 0) is 32.6 Å². The molecule has 0 spiro atoms.